The lowest BCUT2D eigenvalue weighted by Crippen LogP contribution is -2.48. The first-order chi connectivity index (χ1) is 10.3. The summed E-state index contributed by atoms with van der Waals surface area (Å²) < 4.78 is 11.0. The molecule has 0 saturated carbocycles. The number of carbonyl (C=O) groups excluding carboxylic acids is 1. The van der Waals surface area contributed by atoms with Gasteiger partial charge < -0.3 is 20.5 Å². The second-order valence-corrected chi connectivity index (χ2v) is 4.75. The van der Waals surface area contributed by atoms with Gasteiger partial charge in [0, 0.05) is 42.0 Å². The predicted molar refractivity (Wildman–Crippen MR) is 89.5 cm³/mol. The van der Waals surface area contributed by atoms with Gasteiger partial charge in [-0.25, -0.2) is 0 Å². The van der Waals surface area contributed by atoms with Crippen LogP contribution >= 0.6 is 0 Å². The molecule has 0 aromatic carbocycles. The van der Waals surface area contributed by atoms with E-state index in [-0.39, 0.29) is 14.9 Å². The number of hydrogen-bond donors (Lipinski definition) is 2. The summed E-state index contributed by atoms with van der Waals surface area (Å²) in [5.74, 6) is 0.106. The van der Waals surface area contributed by atoms with Gasteiger partial charge in [-0.3, -0.25) is 9.69 Å². The van der Waals surface area contributed by atoms with Crippen LogP contribution in [0.4, 0.5) is 0 Å². The van der Waals surface area contributed by atoms with Crippen molar-refractivity contribution in [3.05, 3.63) is 0 Å². The van der Waals surface area contributed by atoms with Crippen molar-refractivity contribution in [2.24, 2.45) is 5.73 Å². The zero-order valence-corrected chi connectivity index (χ0v) is 13.9. The Labute approximate surface area is 132 Å². The van der Waals surface area contributed by atoms with Crippen molar-refractivity contribution in [3.63, 3.8) is 0 Å². The highest BCUT2D eigenvalue weighted by Gasteiger charge is 2.20. The molecule has 0 spiro atoms. The standard InChI is InChI=1S/C13H27N3O3.C2H6.2H2/c1-2-3-13(17)15-10-12-11-16(6-9-19-12)5-8-18-7-4-14;1-2;;/h12H,2-11,14H2,1H3,(H,15,17);1-2H3;2*1H. The van der Waals surface area contributed by atoms with Gasteiger partial charge in [0.05, 0.1) is 25.9 Å². The van der Waals surface area contributed by atoms with Crippen LogP contribution in [0.1, 0.15) is 36.5 Å². The molecular formula is C15H37N3O3. The van der Waals surface area contributed by atoms with E-state index in [9.17, 15) is 4.79 Å². The molecule has 3 N–H and O–H groups in total. The molecule has 1 saturated heterocycles. The molecular weight excluding hydrogens is 270 g/mol. The summed E-state index contributed by atoms with van der Waals surface area (Å²) in [5, 5.41) is 2.91. The summed E-state index contributed by atoms with van der Waals surface area (Å²) in [6, 6.07) is 0. The lowest BCUT2D eigenvalue weighted by molar-refractivity contribution is -0.122. The lowest BCUT2D eigenvalue weighted by Gasteiger charge is -2.32. The molecule has 1 rings (SSSR count). The van der Waals surface area contributed by atoms with Crippen LogP contribution in [0.25, 0.3) is 0 Å². The van der Waals surface area contributed by atoms with Gasteiger partial charge in [-0.05, 0) is 6.42 Å². The van der Waals surface area contributed by atoms with Gasteiger partial charge in [-0.2, -0.15) is 0 Å². The number of nitrogens with one attached hydrogen (secondary N) is 1. The highest BCUT2D eigenvalue weighted by Crippen LogP contribution is 2.04. The second-order valence-electron chi connectivity index (χ2n) is 4.75. The number of amides is 1. The Bertz CT molecular complexity index is 262. The van der Waals surface area contributed by atoms with Crippen molar-refractivity contribution in [2.75, 3.05) is 52.5 Å². The molecule has 0 bridgehead atoms. The van der Waals surface area contributed by atoms with Gasteiger partial charge in [-0.1, -0.05) is 20.8 Å². The zero-order chi connectivity index (χ0) is 15.9. The third-order valence-electron chi connectivity index (χ3n) is 3.04. The van der Waals surface area contributed by atoms with E-state index in [0.29, 0.717) is 39.3 Å². The van der Waals surface area contributed by atoms with Gasteiger partial charge in [0.15, 0.2) is 0 Å². The van der Waals surface area contributed by atoms with E-state index in [1.165, 1.54) is 0 Å². The van der Waals surface area contributed by atoms with Crippen molar-refractivity contribution in [1.82, 2.24) is 10.2 Å². The zero-order valence-electron chi connectivity index (χ0n) is 13.9. The molecule has 0 aliphatic carbocycles. The number of hydrogen-bond acceptors (Lipinski definition) is 5. The smallest absolute Gasteiger partial charge is 0.220 e. The fourth-order valence-electron chi connectivity index (χ4n) is 2.03. The Balaban J connectivity index is -0.000000960. The molecule has 21 heavy (non-hydrogen) atoms. The average molecular weight is 307 g/mol. The molecule has 0 aromatic rings. The molecule has 1 heterocycles. The van der Waals surface area contributed by atoms with Gasteiger partial charge in [0.1, 0.15) is 0 Å². The highest BCUT2D eigenvalue weighted by atomic mass is 16.5. The minimum absolute atomic E-state index is 0. The molecule has 1 aliphatic rings. The van der Waals surface area contributed by atoms with E-state index in [0.717, 1.165) is 26.1 Å². The molecule has 1 fully saturated rings. The maximum Gasteiger partial charge on any atom is 0.220 e. The molecule has 1 atom stereocenters. The van der Waals surface area contributed by atoms with Crippen molar-refractivity contribution in [1.29, 1.82) is 0 Å². The molecule has 6 heteroatoms. The fraction of sp³-hybridized carbons (Fsp3) is 0.933. The second kappa shape index (κ2) is 14.3. The third kappa shape index (κ3) is 10.6. The van der Waals surface area contributed by atoms with E-state index in [1.807, 2.05) is 20.8 Å². The summed E-state index contributed by atoms with van der Waals surface area (Å²) in [4.78, 5) is 13.7. The van der Waals surface area contributed by atoms with Crippen molar-refractivity contribution in [2.45, 2.75) is 39.7 Å². The minimum atomic E-state index is 0. The van der Waals surface area contributed by atoms with Crippen LogP contribution in [0.15, 0.2) is 0 Å². The van der Waals surface area contributed by atoms with Crippen LogP contribution in [0.5, 0.6) is 0 Å². The molecule has 1 aliphatic heterocycles. The quantitative estimate of drug-likeness (QED) is 0.624. The Hall–Kier alpha value is -0.690. The summed E-state index contributed by atoms with van der Waals surface area (Å²) in [6.45, 7) is 11.8. The summed E-state index contributed by atoms with van der Waals surface area (Å²) in [5.41, 5.74) is 5.36. The first-order valence-corrected chi connectivity index (χ1v) is 8.14. The van der Waals surface area contributed by atoms with Crippen LogP contribution in [-0.2, 0) is 14.3 Å². The number of nitrogens with zero attached hydrogens (tertiary/aromatic N) is 1. The van der Waals surface area contributed by atoms with E-state index < -0.39 is 0 Å². The van der Waals surface area contributed by atoms with Gasteiger partial charge >= 0.3 is 0 Å². The fourth-order valence-corrected chi connectivity index (χ4v) is 2.03. The van der Waals surface area contributed by atoms with Gasteiger partial charge in [0.2, 0.25) is 5.91 Å². The van der Waals surface area contributed by atoms with E-state index in [2.05, 4.69) is 10.2 Å². The van der Waals surface area contributed by atoms with E-state index in [4.69, 9.17) is 15.2 Å². The minimum Gasteiger partial charge on any atom is -0.379 e. The Morgan fingerprint density at radius 3 is 2.90 bits per heavy atom. The average Bonchev–Trinajstić information content (AvgIpc) is 2.52. The summed E-state index contributed by atoms with van der Waals surface area (Å²) in [6.07, 6.45) is 1.55. The number of carbonyl (C=O) groups is 1. The van der Waals surface area contributed by atoms with Crippen molar-refractivity contribution < 1.29 is 17.1 Å². The van der Waals surface area contributed by atoms with Crippen molar-refractivity contribution >= 4 is 5.91 Å². The predicted octanol–water partition coefficient (Wildman–Crippen LogP) is 1.10. The first-order valence-electron chi connectivity index (χ1n) is 8.14. The monoisotopic (exact) mass is 307 g/mol. The Morgan fingerprint density at radius 2 is 2.24 bits per heavy atom. The maximum atomic E-state index is 11.4. The van der Waals surface area contributed by atoms with Gasteiger partial charge in [0.25, 0.3) is 0 Å². The summed E-state index contributed by atoms with van der Waals surface area (Å²) in [7, 11) is 0. The molecule has 1 amide bonds. The van der Waals surface area contributed by atoms with Crippen molar-refractivity contribution in [3.8, 4) is 0 Å². The van der Waals surface area contributed by atoms with Crippen LogP contribution in [0, 0.1) is 0 Å². The number of nitrogens with two attached hydrogens (primary N) is 1. The van der Waals surface area contributed by atoms with Crippen LogP contribution in [0.2, 0.25) is 0 Å². The normalized spacial score (nSPS) is 18.8. The highest BCUT2D eigenvalue weighted by molar-refractivity contribution is 5.75. The maximum absolute atomic E-state index is 11.4. The number of morpholine rings is 1. The third-order valence-corrected chi connectivity index (χ3v) is 3.04. The lowest BCUT2D eigenvalue weighted by atomic mass is 10.2. The molecule has 130 valence electrons. The topological polar surface area (TPSA) is 76.8 Å². The molecule has 0 aromatic heterocycles. The SMILES string of the molecule is CC.CCCC(=O)NCC1CN(CCOCCN)CCO1.[HH].[HH]. The molecule has 0 radical (unpaired) electrons. The van der Waals surface area contributed by atoms with E-state index >= 15 is 0 Å². The van der Waals surface area contributed by atoms with Crippen LogP contribution in [0.3, 0.4) is 0 Å². The Morgan fingerprint density at radius 1 is 1.48 bits per heavy atom. The first kappa shape index (κ1) is 20.3. The number of rotatable bonds is 9. The molecule has 6 nitrogen and oxygen atoms in total. The van der Waals surface area contributed by atoms with E-state index in [1.54, 1.807) is 0 Å². The Kier molecular flexibility index (Phi) is 13.8. The number of ether oxygens (including phenoxy) is 2. The largest absolute Gasteiger partial charge is 0.379 e. The van der Waals surface area contributed by atoms with Crippen LogP contribution < -0.4 is 11.1 Å². The van der Waals surface area contributed by atoms with Crippen LogP contribution in [-0.4, -0.2) is 69.5 Å². The molecule has 1 unspecified atom stereocenters. The van der Waals surface area contributed by atoms with Gasteiger partial charge in [-0.15, -0.1) is 0 Å². The summed E-state index contributed by atoms with van der Waals surface area (Å²) >= 11 is 0.